The third-order valence-electron chi connectivity index (χ3n) is 2.94. The maximum Gasteiger partial charge on any atom is 0.140 e. The molecule has 0 aliphatic heterocycles. The number of hydrogen-bond donors (Lipinski definition) is 0. The Morgan fingerprint density at radius 2 is 1.84 bits per heavy atom. The van der Waals surface area contributed by atoms with Crippen LogP contribution >= 0.6 is 35.0 Å². The minimum absolute atomic E-state index is 0.545. The first kappa shape index (κ1) is 13.2. The zero-order valence-corrected chi connectivity index (χ0v) is 12.5. The normalized spacial score (nSPS) is 14.6. The molecule has 3 rings (SSSR count). The summed E-state index contributed by atoms with van der Waals surface area (Å²) in [6, 6.07) is 9.66. The molecule has 2 aromatic rings. The highest BCUT2D eigenvalue weighted by Crippen LogP contribution is 2.39. The quantitative estimate of drug-likeness (QED) is 0.590. The molecule has 5 heteroatoms. The van der Waals surface area contributed by atoms with Crippen molar-refractivity contribution in [2.24, 2.45) is 0 Å². The maximum atomic E-state index is 6.05. The van der Waals surface area contributed by atoms with Crippen LogP contribution in [0.4, 0.5) is 0 Å². The molecule has 1 aromatic heterocycles. The first-order chi connectivity index (χ1) is 9.20. The lowest BCUT2D eigenvalue weighted by molar-refractivity contribution is 0.932. The SMILES string of the molecule is Clc1ccc(SCc2nc(Cl)cc(C3CC3)n2)cc1. The summed E-state index contributed by atoms with van der Waals surface area (Å²) in [5, 5.41) is 1.29. The summed E-state index contributed by atoms with van der Waals surface area (Å²) >= 11 is 13.6. The van der Waals surface area contributed by atoms with E-state index < -0.39 is 0 Å². The minimum atomic E-state index is 0.545. The van der Waals surface area contributed by atoms with Crippen molar-refractivity contribution in [2.45, 2.75) is 29.4 Å². The second-order valence-corrected chi connectivity index (χ2v) is 6.42. The van der Waals surface area contributed by atoms with Gasteiger partial charge < -0.3 is 0 Å². The van der Waals surface area contributed by atoms with Crippen LogP contribution in [0, 0.1) is 0 Å². The molecule has 1 fully saturated rings. The van der Waals surface area contributed by atoms with Crippen LogP contribution in [-0.2, 0) is 5.75 Å². The Morgan fingerprint density at radius 1 is 1.11 bits per heavy atom. The molecule has 2 nitrogen and oxygen atoms in total. The van der Waals surface area contributed by atoms with Crippen molar-refractivity contribution in [1.29, 1.82) is 0 Å². The molecule has 19 heavy (non-hydrogen) atoms. The predicted octanol–water partition coefficient (Wildman–Crippen LogP) is 4.95. The van der Waals surface area contributed by atoms with Gasteiger partial charge >= 0.3 is 0 Å². The number of halogens is 2. The van der Waals surface area contributed by atoms with E-state index in [-0.39, 0.29) is 0 Å². The van der Waals surface area contributed by atoms with Gasteiger partial charge in [0.2, 0.25) is 0 Å². The molecule has 98 valence electrons. The highest BCUT2D eigenvalue weighted by Gasteiger charge is 2.25. The van der Waals surface area contributed by atoms with E-state index in [4.69, 9.17) is 23.2 Å². The molecule has 0 spiro atoms. The molecule has 1 saturated carbocycles. The molecule has 1 aliphatic rings. The lowest BCUT2D eigenvalue weighted by atomic mass is 10.3. The molecular formula is C14H12Cl2N2S. The number of thioether (sulfide) groups is 1. The van der Waals surface area contributed by atoms with E-state index in [1.165, 1.54) is 12.8 Å². The molecule has 0 amide bonds. The Morgan fingerprint density at radius 3 is 2.53 bits per heavy atom. The zero-order valence-electron chi connectivity index (χ0n) is 10.1. The molecule has 1 aromatic carbocycles. The van der Waals surface area contributed by atoms with Crippen molar-refractivity contribution in [1.82, 2.24) is 9.97 Å². The fourth-order valence-corrected chi connectivity index (χ4v) is 2.90. The monoisotopic (exact) mass is 310 g/mol. The molecule has 0 bridgehead atoms. The largest absolute Gasteiger partial charge is 0.237 e. The van der Waals surface area contributed by atoms with Gasteiger partial charge in [-0.1, -0.05) is 23.2 Å². The van der Waals surface area contributed by atoms with E-state index in [0.29, 0.717) is 11.1 Å². The van der Waals surface area contributed by atoms with E-state index in [1.807, 2.05) is 30.3 Å². The van der Waals surface area contributed by atoms with Crippen LogP contribution in [0.25, 0.3) is 0 Å². The molecule has 0 radical (unpaired) electrons. The number of hydrogen-bond acceptors (Lipinski definition) is 3. The fraction of sp³-hybridized carbons (Fsp3) is 0.286. The van der Waals surface area contributed by atoms with Crippen molar-refractivity contribution in [3.05, 3.63) is 52.0 Å². The number of aromatic nitrogens is 2. The van der Waals surface area contributed by atoms with Crippen molar-refractivity contribution < 1.29 is 0 Å². The summed E-state index contributed by atoms with van der Waals surface area (Å²) in [6.07, 6.45) is 2.44. The van der Waals surface area contributed by atoms with Gasteiger partial charge in [0.25, 0.3) is 0 Å². The van der Waals surface area contributed by atoms with E-state index in [2.05, 4.69) is 9.97 Å². The molecule has 1 aliphatic carbocycles. The standard InChI is InChI=1S/C14H12Cl2N2S/c15-10-3-5-11(6-4-10)19-8-14-17-12(9-1-2-9)7-13(16)18-14/h3-7,9H,1-2,8H2. The van der Waals surface area contributed by atoms with E-state index in [9.17, 15) is 0 Å². The van der Waals surface area contributed by atoms with E-state index in [1.54, 1.807) is 11.8 Å². The first-order valence-electron chi connectivity index (χ1n) is 6.12. The molecule has 0 atom stereocenters. The zero-order chi connectivity index (χ0) is 13.2. The number of benzene rings is 1. The van der Waals surface area contributed by atoms with E-state index in [0.717, 1.165) is 27.2 Å². The van der Waals surface area contributed by atoms with Gasteiger partial charge in [-0.15, -0.1) is 11.8 Å². The van der Waals surface area contributed by atoms with Gasteiger partial charge in [0, 0.05) is 21.5 Å². The third kappa shape index (κ3) is 3.62. The molecule has 0 N–H and O–H groups in total. The Hall–Kier alpha value is -0.770. The summed E-state index contributed by atoms with van der Waals surface area (Å²) in [5.41, 5.74) is 1.09. The average molecular weight is 311 g/mol. The fourth-order valence-electron chi connectivity index (χ4n) is 1.82. The Bertz CT molecular complexity index is 582. The van der Waals surface area contributed by atoms with Crippen molar-refractivity contribution in [3.63, 3.8) is 0 Å². The van der Waals surface area contributed by atoms with Gasteiger partial charge in [0.1, 0.15) is 11.0 Å². The second kappa shape index (κ2) is 5.70. The van der Waals surface area contributed by atoms with E-state index >= 15 is 0 Å². The topological polar surface area (TPSA) is 25.8 Å². The molecular weight excluding hydrogens is 299 g/mol. The second-order valence-electron chi connectivity index (χ2n) is 4.55. The van der Waals surface area contributed by atoms with Crippen LogP contribution in [0.15, 0.2) is 35.2 Å². The first-order valence-corrected chi connectivity index (χ1v) is 7.86. The Balaban J connectivity index is 1.70. The predicted molar refractivity (Wildman–Crippen MR) is 80.0 cm³/mol. The van der Waals surface area contributed by atoms with Gasteiger partial charge in [0.05, 0.1) is 5.75 Å². The molecule has 0 saturated heterocycles. The van der Waals surface area contributed by atoms with Crippen LogP contribution < -0.4 is 0 Å². The van der Waals surface area contributed by atoms with Gasteiger partial charge in [0.15, 0.2) is 0 Å². The van der Waals surface area contributed by atoms with Crippen molar-refractivity contribution in [3.8, 4) is 0 Å². The molecule has 1 heterocycles. The highest BCUT2D eigenvalue weighted by atomic mass is 35.5. The Labute approximate surface area is 126 Å². The summed E-state index contributed by atoms with van der Waals surface area (Å²) in [4.78, 5) is 10.0. The summed E-state index contributed by atoms with van der Waals surface area (Å²) in [7, 11) is 0. The van der Waals surface area contributed by atoms with Crippen LogP contribution in [0.5, 0.6) is 0 Å². The van der Waals surface area contributed by atoms with Crippen LogP contribution in [0.1, 0.15) is 30.3 Å². The van der Waals surface area contributed by atoms with Gasteiger partial charge in [-0.05, 0) is 43.2 Å². The lowest BCUT2D eigenvalue weighted by Gasteiger charge is -2.04. The van der Waals surface area contributed by atoms with Crippen LogP contribution in [0.2, 0.25) is 10.2 Å². The van der Waals surface area contributed by atoms with Crippen LogP contribution in [0.3, 0.4) is 0 Å². The maximum absolute atomic E-state index is 6.05. The lowest BCUT2D eigenvalue weighted by Crippen LogP contribution is -1.97. The van der Waals surface area contributed by atoms with Gasteiger partial charge in [-0.25, -0.2) is 9.97 Å². The average Bonchev–Trinajstić information content (AvgIpc) is 3.22. The van der Waals surface area contributed by atoms with Crippen molar-refractivity contribution >= 4 is 35.0 Å². The highest BCUT2D eigenvalue weighted by molar-refractivity contribution is 7.98. The Kier molecular flexibility index (Phi) is 3.96. The van der Waals surface area contributed by atoms with Gasteiger partial charge in [-0.3, -0.25) is 0 Å². The van der Waals surface area contributed by atoms with Crippen LogP contribution in [-0.4, -0.2) is 9.97 Å². The third-order valence-corrected chi connectivity index (χ3v) is 4.39. The smallest absolute Gasteiger partial charge is 0.140 e. The molecule has 0 unspecified atom stereocenters. The van der Waals surface area contributed by atoms with Crippen molar-refractivity contribution in [2.75, 3.05) is 0 Å². The number of nitrogens with zero attached hydrogens (tertiary/aromatic N) is 2. The summed E-state index contributed by atoms with van der Waals surface area (Å²) in [5.74, 6) is 2.12. The summed E-state index contributed by atoms with van der Waals surface area (Å²) < 4.78 is 0. The minimum Gasteiger partial charge on any atom is -0.237 e. The summed E-state index contributed by atoms with van der Waals surface area (Å²) in [6.45, 7) is 0. The number of rotatable bonds is 4. The van der Waals surface area contributed by atoms with Gasteiger partial charge in [-0.2, -0.15) is 0 Å².